The van der Waals surface area contributed by atoms with Crippen LogP contribution in [0.3, 0.4) is 0 Å². The largest absolute Gasteiger partial charge is 0.206 e. The zero-order valence-corrected chi connectivity index (χ0v) is 30.6. The van der Waals surface area contributed by atoms with Crippen molar-refractivity contribution in [1.82, 2.24) is 0 Å². The summed E-state index contributed by atoms with van der Waals surface area (Å²) >= 11 is 0. The van der Waals surface area contributed by atoms with E-state index >= 15 is 8.78 Å². The maximum Gasteiger partial charge on any atom is 0.136 e. The topological polar surface area (TPSA) is 0 Å². The highest BCUT2D eigenvalue weighted by Gasteiger charge is 2.48. The predicted molar refractivity (Wildman–Crippen MR) is 222 cm³/mol. The fourth-order valence-corrected chi connectivity index (χ4v) is 10.1. The zero-order valence-electron chi connectivity index (χ0n) is 30.6. The SMILES string of the molecule is CC1(C)c2ccccc2-c2c(F)c3c(c(F)c21)-c1cc2c(-c4ccc5ccccc5c4)c4ccccc4c(-c4ccc5ccccc5c4)c2cc1C3(C)C. The number of halogens is 2. The molecule has 0 atom stereocenters. The molecule has 258 valence electrons. The maximum atomic E-state index is 17.7. The molecule has 9 aromatic rings. The van der Waals surface area contributed by atoms with Crippen LogP contribution in [0.25, 0.3) is 87.6 Å². The Morgan fingerprint density at radius 2 is 0.796 bits per heavy atom. The molecule has 0 N–H and O–H groups in total. The van der Waals surface area contributed by atoms with Gasteiger partial charge < -0.3 is 0 Å². The third-order valence-corrected chi connectivity index (χ3v) is 12.7. The van der Waals surface area contributed by atoms with Gasteiger partial charge in [-0.1, -0.05) is 149 Å². The standard InChI is InChI=1S/C52H36F2/c1-51(2)41-20-12-11-19-37(41)45-47(51)50(54)46-40-27-38-39(28-42(40)52(3,4)48(46)49(45)53)44(34-24-22-30-14-6-8-16-32(30)26-34)36-18-10-9-17-35(36)43(38)33-23-21-29-13-5-7-15-31(29)25-33/h5-28H,1-4H3. The van der Waals surface area contributed by atoms with Crippen molar-refractivity contribution in [1.29, 1.82) is 0 Å². The Morgan fingerprint density at radius 1 is 0.352 bits per heavy atom. The lowest BCUT2D eigenvalue weighted by Crippen LogP contribution is -2.20. The molecular weight excluding hydrogens is 663 g/mol. The number of rotatable bonds is 2. The summed E-state index contributed by atoms with van der Waals surface area (Å²) in [5, 5.41) is 9.05. The van der Waals surface area contributed by atoms with Gasteiger partial charge in [0.2, 0.25) is 0 Å². The fourth-order valence-electron chi connectivity index (χ4n) is 10.1. The highest BCUT2D eigenvalue weighted by atomic mass is 19.1. The van der Waals surface area contributed by atoms with E-state index in [9.17, 15) is 0 Å². The van der Waals surface area contributed by atoms with Gasteiger partial charge in [0.05, 0.1) is 0 Å². The Labute approximate surface area is 313 Å². The molecule has 0 bridgehead atoms. The van der Waals surface area contributed by atoms with Crippen LogP contribution in [0.5, 0.6) is 0 Å². The number of benzene rings is 9. The molecule has 0 aromatic heterocycles. The molecule has 2 aliphatic carbocycles. The van der Waals surface area contributed by atoms with Gasteiger partial charge >= 0.3 is 0 Å². The van der Waals surface area contributed by atoms with E-state index in [4.69, 9.17) is 0 Å². The quantitative estimate of drug-likeness (QED) is 0.158. The molecule has 0 nitrogen and oxygen atoms in total. The molecule has 0 fully saturated rings. The Hall–Kier alpha value is -6.12. The molecule has 11 rings (SSSR count). The number of hydrogen-bond donors (Lipinski definition) is 0. The van der Waals surface area contributed by atoms with Crippen molar-refractivity contribution < 1.29 is 8.78 Å². The van der Waals surface area contributed by atoms with Crippen molar-refractivity contribution in [2.24, 2.45) is 0 Å². The first-order chi connectivity index (χ1) is 26.1. The molecule has 0 heterocycles. The molecule has 0 spiro atoms. The van der Waals surface area contributed by atoms with Gasteiger partial charge in [-0.25, -0.2) is 8.78 Å². The van der Waals surface area contributed by atoms with E-state index < -0.39 is 10.8 Å². The lowest BCUT2D eigenvalue weighted by molar-refractivity contribution is 0.530. The molecule has 0 saturated carbocycles. The summed E-state index contributed by atoms with van der Waals surface area (Å²) in [5.41, 5.74) is 8.13. The maximum absolute atomic E-state index is 17.7. The van der Waals surface area contributed by atoms with E-state index in [-0.39, 0.29) is 11.6 Å². The second kappa shape index (κ2) is 10.7. The monoisotopic (exact) mass is 698 g/mol. The van der Waals surface area contributed by atoms with E-state index in [2.05, 4.69) is 135 Å². The highest BCUT2D eigenvalue weighted by molar-refractivity contribution is 6.23. The van der Waals surface area contributed by atoms with Crippen molar-refractivity contribution >= 4 is 43.1 Å². The first-order valence-electron chi connectivity index (χ1n) is 18.8. The summed E-state index contributed by atoms with van der Waals surface area (Å²) in [4.78, 5) is 0. The highest BCUT2D eigenvalue weighted by Crippen LogP contribution is 2.60. The van der Waals surface area contributed by atoms with Crippen molar-refractivity contribution in [3.8, 4) is 44.5 Å². The second-order valence-electron chi connectivity index (χ2n) is 16.3. The Balaban J connectivity index is 1.30. The molecular formula is C52H36F2. The summed E-state index contributed by atoms with van der Waals surface area (Å²) in [5.74, 6) is -0.615. The summed E-state index contributed by atoms with van der Waals surface area (Å²) in [6.07, 6.45) is 0. The van der Waals surface area contributed by atoms with Crippen LogP contribution in [0, 0.1) is 11.6 Å². The lowest BCUT2D eigenvalue weighted by Gasteiger charge is -2.26. The van der Waals surface area contributed by atoms with E-state index in [0.29, 0.717) is 22.3 Å². The van der Waals surface area contributed by atoms with Crippen molar-refractivity contribution in [2.75, 3.05) is 0 Å². The smallest absolute Gasteiger partial charge is 0.136 e. The first-order valence-corrected chi connectivity index (χ1v) is 18.8. The molecule has 0 radical (unpaired) electrons. The van der Waals surface area contributed by atoms with Crippen molar-refractivity contribution in [2.45, 2.75) is 38.5 Å². The Morgan fingerprint density at radius 3 is 1.37 bits per heavy atom. The normalized spacial score (nSPS) is 14.8. The van der Waals surface area contributed by atoms with Crippen LogP contribution in [0.1, 0.15) is 49.9 Å². The van der Waals surface area contributed by atoms with Gasteiger partial charge in [-0.2, -0.15) is 0 Å². The predicted octanol–water partition coefficient (Wildman–Crippen LogP) is 14.5. The van der Waals surface area contributed by atoms with Gasteiger partial charge in [0.1, 0.15) is 11.6 Å². The average molecular weight is 699 g/mol. The van der Waals surface area contributed by atoms with Crippen LogP contribution < -0.4 is 0 Å². The molecule has 0 aliphatic heterocycles. The molecule has 0 amide bonds. The summed E-state index contributed by atoms with van der Waals surface area (Å²) < 4.78 is 35.2. The summed E-state index contributed by atoms with van der Waals surface area (Å²) in [6, 6.07) is 51.2. The minimum atomic E-state index is -0.796. The third kappa shape index (κ3) is 4.01. The molecule has 0 unspecified atom stereocenters. The zero-order chi connectivity index (χ0) is 36.7. The van der Waals surface area contributed by atoms with Crippen LogP contribution in [-0.2, 0) is 10.8 Å². The summed E-state index contributed by atoms with van der Waals surface area (Å²) in [7, 11) is 0. The van der Waals surface area contributed by atoms with Crippen LogP contribution >= 0.6 is 0 Å². The van der Waals surface area contributed by atoms with E-state index in [1.165, 1.54) is 16.2 Å². The molecule has 2 aliphatic rings. The summed E-state index contributed by atoms with van der Waals surface area (Å²) in [6.45, 7) is 8.17. The molecule has 54 heavy (non-hydrogen) atoms. The van der Waals surface area contributed by atoms with Gasteiger partial charge in [-0.05, 0) is 112 Å². The molecule has 0 saturated heterocycles. The average Bonchev–Trinajstić information content (AvgIpc) is 3.58. The van der Waals surface area contributed by atoms with Crippen molar-refractivity contribution in [3.05, 3.63) is 179 Å². The van der Waals surface area contributed by atoms with Crippen LogP contribution in [-0.4, -0.2) is 0 Å². The molecule has 9 aromatic carbocycles. The second-order valence-corrected chi connectivity index (χ2v) is 16.3. The lowest BCUT2D eigenvalue weighted by atomic mass is 9.78. The van der Waals surface area contributed by atoms with Gasteiger partial charge in [-0.3, -0.25) is 0 Å². The van der Waals surface area contributed by atoms with Crippen LogP contribution in [0.4, 0.5) is 8.78 Å². The minimum absolute atomic E-state index is 0.306. The minimum Gasteiger partial charge on any atom is -0.206 e. The van der Waals surface area contributed by atoms with E-state index in [1.54, 1.807) is 0 Å². The van der Waals surface area contributed by atoms with Gasteiger partial charge in [0, 0.05) is 33.1 Å². The van der Waals surface area contributed by atoms with Crippen LogP contribution in [0.15, 0.2) is 146 Å². The number of fused-ring (bicyclic) bond motifs is 10. The third-order valence-electron chi connectivity index (χ3n) is 12.7. The van der Waals surface area contributed by atoms with Gasteiger partial charge in [0.25, 0.3) is 0 Å². The first kappa shape index (κ1) is 31.4. The van der Waals surface area contributed by atoms with Gasteiger partial charge in [0.15, 0.2) is 0 Å². The van der Waals surface area contributed by atoms with E-state index in [0.717, 1.165) is 71.4 Å². The molecule has 2 heteroatoms. The Kier molecular flexibility index (Phi) is 6.24. The number of hydrogen-bond acceptors (Lipinski definition) is 0. The van der Waals surface area contributed by atoms with Crippen molar-refractivity contribution in [3.63, 3.8) is 0 Å². The fraction of sp³-hybridized carbons (Fsp3) is 0.115. The van der Waals surface area contributed by atoms with Crippen LogP contribution in [0.2, 0.25) is 0 Å². The van der Waals surface area contributed by atoms with Gasteiger partial charge in [-0.15, -0.1) is 0 Å². The van der Waals surface area contributed by atoms with E-state index in [1.807, 2.05) is 38.1 Å². The Bertz CT molecular complexity index is 3120.